The Balaban J connectivity index is 1.77. The molecular formula is C26H32O6. The normalized spacial score (nSPS) is 17.8. The van der Waals surface area contributed by atoms with Crippen LogP contribution in [0.4, 0.5) is 0 Å². The Kier molecular flexibility index (Phi) is 7.92. The number of rotatable bonds is 10. The molecule has 0 saturated heterocycles. The third kappa shape index (κ3) is 4.96. The minimum absolute atomic E-state index is 0.454. The van der Waals surface area contributed by atoms with Gasteiger partial charge in [0.2, 0.25) is 0 Å². The van der Waals surface area contributed by atoms with Gasteiger partial charge in [0.05, 0.1) is 42.7 Å². The van der Waals surface area contributed by atoms with E-state index in [-0.39, 0.29) is 0 Å². The first kappa shape index (κ1) is 23.4. The van der Waals surface area contributed by atoms with Gasteiger partial charge in [-0.2, -0.15) is 0 Å². The molecule has 1 aliphatic carbocycles. The Morgan fingerprint density at radius 1 is 0.500 bits per heavy atom. The highest BCUT2D eigenvalue weighted by atomic mass is 16.5. The van der Waals surface area contributed by atoms with Crippen LogP contribution < -0.4 is 28.4 Å². The van der Waals surface area contributed by atoms with Crippen molar-refractivity contribution in [3.63, 3.8) is 0 Å². The van der Waals surface area contributed by atoms with Gasteiger partial charge in [-0.15, -0.1) is 0 Å². The molecule has 0 aromatic heterocycles. The molecule has 0 heterocycles. The number of methoxy groups -OCH3 is 6. The highest BCUT2D eigenvalue weighted by molar-refractivity contribution is 5.65. The number of hydrogen-bond donors (Lipinski definition) is 0. The summed E-state index contributed by atoms with van der Waals surface area (Å²) < 4.78 is 32.7. The maximum atomic E-state index is 5.53. The lowest BCUT2D eigenvalue weighted by Crippen LogP contribution is -2.21. The Morgan fingerprint density at radius 3 is 1.09 bits per heavy atom. The molecule has 1 saturated carbocycles. The fraction of sp³-hybridized carbons (Fsp3) is 0.385. The van der Waals surface area contributed by atoms with E-state index in [1.807, 2.05) is 24.3 Å². The van der Waals surface area contributed by atoms with Crippen LogP contribution in [0.5, 0.6) is 34.5 Å². The molecule has 0 bridgehead atoms. The lowest BCUT2D eigenvalue weighted by molar-refractivity contribution is 0.288. The molecule has 0 unspecified atom stereocenters. The predicted octanol–water partition coefficient (Wildman–Crippen LogP) is 5.49. The van der Waals surface area contributed by atoms with E-state index < -0.39 is 0 Å². The van der Waals surface area contributed by atoms with Crippen LogP contribution in [0.1, 0.15) is 24.0 Å². The van der Waals surface area contributed by atoms with Gasteiger partial charge in [-0.25, -0.2) is 0 Å². The van der Waals surface area contributed by atoms with Crippen molar-refractivity contribution in [2.45, 2.75) is 12.8 Å². The maximum Gasteiger partial charge on any atom is 0.164 e. The van der Waals surface area contributed by atoms with Crippen LogP contribution >= 0.6 is 0 Å². The summed E-state index contributed by atoms with van der Waals surface area (Å²) in [5.74, 6) is 5.06. The van der Waals surface area contributed by atoms with Gasteiger partial charge in [0.1, 0.15) is 11.5 Å². The van der Waals surface area contributed by atoms with Crippen molar-refractivity contribution in [1.82, 2.24) is 0 Å². The average Bonchev–Trinajstić information content (AvgIpc) is 2.82. The summed E-state index contributed by atoms with van der Waals surface area (Å²) >= 11 is 0. The molecule has 1 fully saturated rings. The molecule has 0 radical (unpaired) electrons. The van der Waals surface area contributed by atoms with Gasteiger partial charge in [-0.3, -0.25) is 0 Å². The summed E-state index contributed by atoms with van der Waals surface area (Å²) in [5.41, 5.74) is 1.92. The van der Waals surface area contributed by atoms with E-state index >= 15 is 0 Å². The Labute approximate surface area is 190 Å². The van der Waals surface area contributed by atoms with E-state index in [4.69, 9.17) is 28.4 Å². The minimum Gasteiger partial charge on any atom is -0.496 e. The minimum atomic E-state index is 0.454. The lowest BCUT2D eigenvalue weighted by Gasteiger charge is -2.32. The number of benzene rings is 2. The summed E-state index contributed by atoms with van der Waals surface area (Å²) in [4.78, 5) is 0. The van der Waals surface area contributed by atoms with E-state index in [1.54, 1.807) is 42.7 Å². The monoisotopic (exact) mass is 440 g/mol. The first-order valence-electron chi connectivity index (χ1n) is 10.5. The highest BCUT2D eigenvalue weighted by Crippen LogP contribution is 2.41. The Bertz CT molecular complexity index is 899. The highest BCUT2D eigenvalue weighted by Gasteiger charge is 2.26. The first-order valence-corrected chi connectivity index (χ1v) is 10.5. The van der Waals surface area contributed by atoms with Crippen LogP contribution in [0.3, 0.4) is 0 Å². The van der Waals surface area contributed by atoms with Crippen LogP contribution in [-0.2, 0) is 0 Å². The van der Waals surface area contributed by atoms with Crippen molar-refractivity contribution in [3.8, 4) is 34.5 Å². The third-order valence-corrected chi connectivity index (χ3v) is 5.90. The van der Waals surface area contributed by atoms with Gasteiger partial charge in [-0.1, -0.05) is 24.3 Å². The second-order valence-electron chi connectivity index (χ2n) is 7.52. The van der Waals surface area contributed by atoms with Crippen molar-refractivity contribution in [2.24, 2.45) is 11.8 Å². The van der Waals surface area contributed by atoms with Crippen molar-refractivity contribution < 1.29 is 28.4 Å². The Morgan fingerprint density at radius 2 is 0.812 bits per heavy atom. The predicted molar refractivity (Wildman–Crippen MR) is 126 cm³/mol. The van der Waals surface area contributed by atoms with Crippen LogP contribution in [0.2, 0.25) is 0 Å². The van der Waals surface area contributed by atoms with E-state index in [9.17, 15) is 0 Å². The standard InChI is InChI=1S/C26H32O6/c1-27-21-15-25(31-5)23(29-3)13-19(21)11-9-17-7-8-18(17)10-12-20-14-24(30-4)26(32-6)16-22(20)28-2/h9-18H,7-8H2,1-6H3/b11-9-,12-10+/t17-,18+/m1/s1. The van der Waals surface area contributed by atoms with Crippen LogP contribution in [0.25, 0.3) is 12.2 Å². The molecule has 2 atom stereocenters. The van der Waals surface area contributed by atoms with E-state index in [1.165, 1.54) is 0 Å². The average molecular weight is 441 g/mol. The molecule has 3 rings (SSSR count). The van der Waals surface area contributed by atoms with Gasteiger partial charge in [-0.05, 0) is 36.8 Å². The van der Waals surface area contributed by atoms with Crippen LogP contribution in [0.15, 0.2) is 36.4 Å². The summed E-state index contributed by atoms with van der Waals surface area (Å²) in [7, 11) is 9.81. The van der Waals surface area contributed by atoms with E-state index in [2.05, 4.69) is 24.3 Å². The van der Waals surface area contributed by atoms with Crippen LogP contribution in [-0.4, -0.2) is 42.7 Å². The first-order chi connectivity index (χ1) is 15.6. The van der Waals surface area contributed by atoms with Crippen molar-refractivity contribution in [2.75, 3.05) is 42.7 Å². The van der Waals surface area contributed by atoms with E-state index in [0.29, 0.717) is 34.8 Å². The zero-order valence-electron chi connectivity index (χ0n) is 19.6. The van der Waals surface area contributed by atoms with Gasteiger partial charge >= 0.3 is 0 Å². The summed E-state index contributed by atoms with van der Waals surface area (Å²) in [6.07, 6.45) is 11.0. The van der Waals surface area contributed by atoms with Gasteiger partial charge in [0.15, 0.2) is 23.0 Å². The second-order valence-corrected chi connectivity index (χ2v) is 7.52. The van der Waals surface area contributed by atoms with Gasteiger partial charge in [0, 0.05) is 23.3 Å². The smallest absolute Gasteiger partial charge is 0.164 e. The van der Waals surface area contributed by atoms with Crippen molar-refractivity contribution in [1.29, 1.82) is 0 Å². The molecule has 0 amide bonds. The number of ether oxygens (including phenoxy) is 6. The fourth-order valence-corrected chi connectivity index (χ4v) is 3.85. The van der Waals surface area contributed by atoms with Crippen molar-refractivity contribution >= 4 is 12.2 Å². The molecule has 2 aromatic carbocycles. The third-order valence-electron chi connectivity index (χ3n) is 5.90. The SMILES string of the molecule is COc1cc(OC)c(OC)cc1/C=C\[C@H]1CC[C@H]1/C=C/c1cc(OC)c(OC)cc1OC. The summed E-state index contributed by atoms with van der Waals surface area (Å²) in [6.45, 7) is 0. The molecule has 0 aliphatic heterocycles. The molecule has 32 heavy (non-hydrogen) atoms. The van der Waals surface area contributed by atoms with Gasteiger partial charge < -0.3 is 28.4 Å². The lowest BCUT2D eigenvalue weighted by atomic mass is 9.73. The molecule has 6 heteroatoms. The number of hydrogen-bond acceptors (Lipinski definition) is 6. The zero-order chi connectivity index (χ0) is 23.1. The number of allylic oxidation sites excluding steroid dienone is 2. The molecular weight excluding hydrogens is 408 g/mol. The molecule has 6 nitrogen and oxygen atoms in total. The second kappa shape index (κ2) is 10.8. The summed E-state index contributed by atoms with van der Waals surface area (Å²) in [6, 6.07) is 7.57. The van der Waals surface area contributed by atoms with Crippen molar-refractivity contribution in [3.05, 3.63) is 47.5 Å². The molecule has 2 aromatic rings. The molecule has 1 aliphatic rings. The quantitative estimate of drug-likeness (QED) is 0.487. The summed E-state index contributed by atoms with van der Waals surface area (Å²) in [5, 5.41) is 0. The van der Waals surface area contributed by atoms with Crippen LogP contribution in [0, 0.1) is 11.8 Å². The maximum absolute atomic E-state index is 5.53. The molecule has 0 N–H and O–H groups in total. The fourth-order valence-electron chi connectivity index (χ4n) is 3.85. The Hall–Kier alpha value is -3.28. The molecule has 0 spiro atoms. The topological polar surface area (TPSA) is 55.4 Å². The largest absolute Gasteiger partial charge is 0.496 e. The molecule has 172 valence electrons. The van der Waals surface area contributed by atoms with Gasteiger partial charge in [0.25, 0.3) is 0 Å². The van der Waals surface area contributed by atoms with E-state index in [0.717, 1.165) is 35.5 Å². The zero-order valence-corrected chi connectivity index (χ0v) is 19.6.